The summed E-state index contributed by atoms with van der Waals surface area (Å²) >= 11 is 0. The predicted molar refractivity (Wildman–Crippen MR) is 74.2 cm³/mol. The molecule has 2 fully saturated rings. The molecule has 3 aliphatic rings. The number of rotatable bonds is 0. The van der Waals surface area contributed by atoms with E-state index in [1.54, 1.807) is 6.92 Å². The van der Waals surface area contributed by atoms with Gasteiger partial charge < -0.3 is 15.5 Å². The molecule has 3 heterocycles. The van der Waals surface area contributed by atoms with Crippen LogP contribution < -0.4 is 10.6 Å². The molecule has 0 aliphatic carbocycles. The van der Waals surface area contributed by atoms with E-state index in [4.69, 9.17) is 0 Å². The fraction of sp³-hybridized carbons (Fsp3) is 0.467. The van der Waals surface area contributed by atoms with E-state index in [1.807, 2.05) is 29.2 Å². The Morgan fingerprint density at radius 1 is 1.30 bits per heavy atom. The largest absolute Gasteiger partial charge is 0.360 e. The van der Waals surface area contributed by atoms with Gasteiger partial charge in [-0.05, 0) is 25.0 Å². The van der Waals surface area contributed by atoms with Crippen molar-refractivity contribution in [2.75, 3.05) is 5.32 Å². The van der Waals surface area contributed by atoms with E-state index in [1.165, 1.54) is 0 Å². The number of carbonyl (C=O) groups excluding carboxylic acids is 2. The van der Waals surface area contributed by atoms with Crippen molar-refractivity contribution in [3.63, 3.8) is 0 Å². The lowest BCUT2D eigenvalue weighted by molar-refractivity contribution is -0.130. The molecule has 104 valence electrons. The number of hydrogen-bond donors (Lipinski definition) is 2. The normalized spacial score (nSPS) is 33.9. The van der Waals surface area contributed by atoms with Gasteiger partial charge in [0.25, 0.3) is 5.91 Å². The molecule has 2 N–H and O–H groups in total. The third-order valence-electron chi connectivity index (χ3n) is 4.86. The number of amides is 2. The highest BCUT2D eigenvalue weighted by Gasteiger charge is 2.59. The van der Waals surface area contributed by atoms with Crippen molar-refractivity contribution in [2.24, 2.45) is 0 Å². The minimum Gasteiger partial charge on any atom is -0.360 e. The van der Waals surface area contributed by atoms with Crippen LogP contribution in [-0.2, 0) is 4.79 Å². The van der Waals surface area contributed by atoms with E-state index < -0.39 is 5.66 Å². The molecule has 2 bridgehead atoms. The first-order valence-electron chi connectivity index (χ1n) is 7.09. The first-order valence-corrected chi connectivity index (χ1v) is 7.09. The second-order valence-corrected chi connectivity index (χ2v) is 5.97. The topological polar surface area (TPSA) is 61.4 Å². The van der Waals surface area contributed by atoms with Crippen LogP contribution in [0.1, 0.15) is 36.5 Å². The van der Waals surface area contributed by atoms with E-state index in [0.29, 0.717) is 5.56 Å². The second-order valence-electron chi connectivity index (χ2n) is 5.97. The van der Waals surface area contributed by atoms with Gasteiger partial charge in [0.15, 0.2) is 0 Å². The molecule has 2 saturated heterocycles. The fourth-order valence-corrected chi connectivity index (χ4v) is 4.15. The van der Waals surface area contributed by atoms with Crippen molar-refractivity contribution in [3.8, 4) is 0 Å². The van der Waals surface area contributed by atoms with Crippen LogP contribution in [0.5, 0.6) is 0 Å². The average molecular weight is 271 g/mol. The van der Waals surface area contributed by atoms with Crippen molar-refractivity contribution in [1.82, 2.24) is 10.2 Å². The zero-order valence-electron chi connectivity index (χ0n) is 11.3. The Balaban J connectivity index is 1.75. The minimum atomic E-state index is -0.486. The highest BCUT2D eigenvalue weighted by molar-refractivity contribution is 6.02. The summed E-state index contributed by atoms with van der Waals surface area (Å²) in [5.41, 5.74) is 1.06. The van der Waals surface area contributed by atoms with Crippen LogP contribution in [0.25, 0.3) is 0 Å². The van der Waals surface area contributed by atoms with Crippen molar-refractivity contribution in [3.05, 3.63) is 29.8 Å². The Labute approximate surface area is 117 Å². The fourth-order valence-electron chi connectivity index (χ4n) is 4.15. The van der Waals surface area contributed by atoms with Gasteiger partial charge in [-0.1, -0.05) is 12.1 Å². The van der Waals surface area contributed by atoms with Gasteiger partial charge >= 0.3 is 0 Å². The number of nitrogens with zero attached hydrogens (tertiary/aromatic N) is 1. The smallest absolute Gasteiger partial charge is 0.255 e. The number of fused-ring (bicyclic) bond motifs is 4. The van der Waals surface area contributed by atoms with Gasteiger partial charge in [0, 0.05) is 25.1 Å². The number of benzene rings is 1. The molecule has 3 atom stereocenters. The second kappa shape index (κ2) is 3.75. The number of hydrogen-bond acceptors (Lipinski definition) is 3. The maximum atomic E-state index is 12.3. The summed E-state index contributed by atoms with van der Waals surface area (Å²) in [6.45, 7) is 1.61. The van der Waals surface area contributed by atoms with Crippen LogP contribution in [-0.4, -0.2) is 34.5 Å². The molecule has 0 aromatic heterocycles. The molecule has 4 rings (SSSR count). The van der Waals surface area contributed by atoms with E-state index in [0.717, 1.165) is 24.9 Å². The molecule has 0 unspecified atom stereocenters. The third-order valence-corrected chi connectivity index (χ3v) is 4.86. The van der Waals surface area contributed by atoms with Crippen molar-refractivity contribution < 1.29 is 9.59 Å². The summed E-state index contributed by atoms with van der Waals surface area (Å²) in [5.74, 6) is 0.0553. The number of nitrogens with one attached hydrogen (secondary N) is 2. The van der Waals surface area contributed by atoms with Gasteiger partial charge in [0.2, 0.25) is 5.91 Å². The van der Waals surface area contributed by atoms with E-state index in [-0.39, 0.29) is 23.9 Å². The van der Waals surface area contributed by atoms with Crippen LogP contribution in [0.15, 0.2) is 24.3 Å². The Bertz CT molecular complexity index is 615. The highest BCUT2D eigenvalue weighted by Crippen LogP contribution is 2.46. The van der Waals surface area contributed by atoms with Gasteiger partial charge in [-0.15, -0.1) is 0 Å². The first kappa shape index (κ1) is 11.8. The summed E-state index contributed by atoms with van der Waals surface area (Å²) in [4.78, 5) is 26.1. The Morgan fingerprint density at radius 3 is 2.85 bits per heavy atom. The number of anilines is 1. The minimum absolute atomic E-state index is 0.0459. The van der Waals surface area contributed by atoms with Gasteiger partial charge in [0.1, 0.15) is 5.66 Å². The average Bonchev–Trinajstić information content (AvgIpc) is 2.94. The highest BCUT2D eigenvalue weighted by atomic mass is 16.2. The predicted octanol–water partition coefficient (Wildman–Crippen LogP) is 1.32. The van der Waals surface area contributed by atoms with Crippen molar-refractivity contribution in [2.45, 2.75) is 43.9 Å². The van der Waals surface area contributed by atoms with Gasteiger partial charge in [-0.25, -0.2) is 0 Å². The Hall–Kier alpha value is -2.04. The molecule has 5 nitrogen and oxygen atoms in total. The molecule has 2 amide bonds. The molecule has 5 heteroatoms. The summed E-state index contributed by atoms with van der Waals surface area (Å²) in [6.07, 6.45) is 2.77. The lowest BCUT2D eigenvalue weighted by Gasteiger charge is -2.42. The molecule has 3 aliphatic heterocycles. The zero-order chi connectivity index (χ0) is 13.9. The van der Waals surface area contributed by atoms with E-state index >= 15 is 0 Å². The van der Waals surface area contributed by atoms with Gasteiger partial charge in [0.05, 0.1) is 11.6 Å². The zero-order valence-corrected chi connectivity index (χ0v) is 11.3. The summed E-state index contributed by atoms with van der Waals surface area (Å²) in [6, 6.07) is 7.84. The number of carbonyl (C=O) groups is 2. The summed E-state index contributed by atoms with van der Waals surface area (Å²) < 4.78 is 0. The van der Waals surface area contributed by atoms with E-state index in [9.17, 15) is 9.59 Å². The third kappa shape index (κ3) is 1.38. The molecular formula is C15H17N3O2. The quantitative estimate of drug-likeness (QED) is 0.748. The van der Waals surface area contributed by atoms with Crippen molar-refractivity contribution >= 4 is 17.5 Å². The van der Waals surface area contributed by atoms with Gasteiger partial charge in [-0.3, -0.25) is 9.59 Å². The van der Waals surface area contributed by atoms with Crippen LogP contribution in [0.3, 0.4) is 0 Å². The Morgan fingerprint density at radius 2 is 2.10 bits per heavy atom. The van der Waals surface area contributed by atoms with Gasteiger partial charge in [-0.2, -0.15) is 0 Å². The van der Waals surface area contributed by atoms with Crippen LogP contribution in [0, 0.1) is 0 Å². The lowest BCUT2D eigenvalue weighted by atomic mass is 9.86. The monoisotopic (exact) mass is 271 g/mol. The maximum Gasteiger partial charge on any atom is 0.255 e. The number of para-hydroxylation sites is 1. The first-order chi connectivity index (χ1) is 9.61. The molecule has 0 radical (unpaired) electrons. The molecule has 20 heavy (non-hydrogen) atoms. The SMILES string of the molecule is CC(=O)N1[C@H]2CC[C@@H]1[C@]1(C2)NC(=O)c2ccccc2N1. The van der Waals surface area contributed by atoms with E-state index in [2.05, 4.69) is 10.6 Å². The maximum absolute atomic E-state index is 12.3. The standard InChI is InChI=1S/C15H17N3O2/c1-9(19)18-10-6-7-13(18)15(8-10)16-12-5-3-2-4-11(12)14(20)17-15/h2-5,10,13,16H,6-8H2,1H3,(H,17,20)/t10-,13+,15-/m0/s1. The van der Waals surface area contributed by atoms with Crippen LogP contribution in [0.2, 0.25) is 0 Å². The van der Waals surface area contributed by atoms with Crippen molar-refractivity contribution in [1.29, 1.82) is 0 Å². The molecular weight excluding hydrogens is 254 g/mol. The molecule has 0 saturated carbocycles. The summed E-state index contributed by atoms with van der Waals surface area (Å²) in [5, 5.41) is 6.61. The Kier molecular flexibility index (Phi) is 2.20. The summed E-state index contributed by atoms with van der Waals surface area (Å²) in [7, 11) is 0. The molecule has 1 spiro atoms. The molecule has 1 aromatic rings. The van der Waals surface area contributed by atoms with Crippen LogP contribution >= 0.6 is 0 Å². The lowest BCUT2D eigenvalue weighted by Crippen LogP contribution is -2.64. The molecule has 1 aromatic carbocycles. The van der Waals surface area contributed by atoms with Crippen LogP contribution in [0.4, 0.5) is 5.69 Å².